The number of likely N-dealkylation sites (tertiary alicyclic amines) is 2. The van der Waals surface area contributed by atoms with Gasteiger partial charge in [0, 0.05) is 61.7 Å². The van der Waals surface area contributed by atoms with Crippen LogP contribution in [0.25, 0.3) is 11.1 Å². The van der Waals surface area contributed by atoms with E-state index < -0.39 is 23.5 Å². The number of benzene rings is 2. The third-order valence-corrected chi connectivity index (χ3v) is 8.29. The van der Waals surface area contributed by atoms with Crippen LogP contribution in [0.3, 0.4) is 0 Å². The van der Waals surface area contributed by atoms with Gasteiger partial charge in [-0.3, -0.25) is 9.69 Å². The Labute approximate surface area is 226 Å². The van der Waals surface area contributed by atoms with E-state index in [9.17, 15) is 18.0 Å². The Balaban J connectivity index is 1.24. The predicted octanol–water partition coefficient (Wildman–Crippen LogP) is 5.82. The smallest absolute Gasteiger partial charge is 0.255 e. The Bertz CT molecular complexity index is 1380. The number of nitrogens with one attached hydrogen (secondary N) is 1. The number of fused-ring (bicyclic) bond motifs is 1. The maximum Gasteiger partial charge on any atom is 0.255 e. The number of amides is 1. The van der Waals surface area contributed by atoms with Gasteiger partial charge in [0.15, 0.2) is 11.6 Å². The topological polar surface area (TPSA) is 51.7 Å². The highest BCUT2D eigenvalue weighted by molar-refractivity contribution is 5.95. The molecule has 1 amide bonds. The molecule has 204 valence electrons. The maximum absolute atomic E-state index is 14.6. The number of aromatic nitrogens is 1. The van der Waals surface area contributed by atoms with E-state index in [1.165, 1.54) is 12.8 Å². The van der Waals surface area contributed by atoms with E-state index in [-0.39, 0.29) is 17.6 Å². The van der Waals surface area contributed by atoms with Crippen LogP contribution in [0.2, 0.25) is 0 Å². The molecule has 1 N–H and O–H groups in total. The van der Waals surface area contributed by atoms with E-state index in [0.717, 1.165) is 55.4 Å². The molecule has 0 spiro atoms. The number of hydrogen-bond donors (Lipinski definition) is 1. The van der Waals surface area contributed by atoms with E-state index in [4.69, 9.17) is 0 Å². The summed E-state index contributed by atoms with van der Waals surface area (Å²) in [6.07, 6.45) is 6.42. The number of carbonyl (C=O) groups is 1. The first-order valence-electron chi connectivity index (χ1n) is 13.7. The summed E-state index contributed by atoms with van der Waals surface area (Å²) in [5, 5.41) is 3.26. The molecule has 0 aliphatic carbocycles. The monoisotopic (exact) mass is 535 g/mol. The summed E-state index contributed by atoms with van der Waals surface area (Å²) >= 11 is 0. The van der Waals surface area contributed by atoms with Crippen molar-refractivity contribution in [3.05, 3.63) is 77.2 Å². The molecule has 3 aliphatic heterocycles. The lowest BCUT2D eigenvalue weighted by Gasteiger charge is -2.36. The summed E-state index contributed by atoms with van der Waals surface area (Å²) < 4.78 is 42.1. The molecule has 2 fully saturated rings. The largest absolute Gasteiger partial charge is 0.367 e. The van der Waals surface area contributed by atoms with Gasteiger partial charge in [0.2, 0.25) is 0 Å². The molecule has 2 unspecified atom stereocenters. The van der Waals surface area contributed by atoms with Crippen LogP contribution in [0.1, 0.15) is 54.6 Å². The van der Waals surface area contributed by atoms with Crippen LogP contribution in [0.5, 0.6) is 0 Å². The molecule has 2 saturated heterocycles. The van der Waals surface area contributed by atoms with E-state index >= 15 is 0 Å². The number of nitrogens with zero attached hydrogens (tertiary/aromatic N) is 4. The van der Waals surface area contributed by atoms with Gasteiger partial charge in [0.1, 0.15) is 11.6 Å². The summed E-state index contributed by atoms with van der Waals surface area (Å²) in [4.78, 5) is 24.4. The molecule has 9 heteroatoms. The fourth-order valence-electron chi connectivity index (χ4n) is 6.19. The Morgan fingerprint density at radius 1 is 0.923 bits per heavy atom. The normalized spacial score (nSPS) is 20.2. The van der Waals surface area contributed by atoms with Crippen LogP contribution in [0.4, 0.5) is 24.7 Å². The summed E-state index contributed by atoms with van der Waals surface area (Å²) in [5.41, 5.74) is 3.25. The molecule has 2 atom stereocenters. The Morgan fingerprint density at radius 3 is 2.44 bits per heavy atom. The van der Waals surface area contributed by atoms with Gasteiger partial charge in [-0.25, -0.2) is 18.2 Å². The zero-order valence-electron chi connectivity index (χ0n) is 22.0. The minimum atomic E-state index is -1.20. The van der Waals surface area contributed by atoms with Crippen molar-refractivity contribution < 1.29 is 18.0 Å². The zero-order valence-corrected chi connectivity index (χ0v) is 22.0. The minimum absolute atomic E-state index is 0.0669. The Morgan fingerprint density at radius 2 is 1.67 bits per heavy atom. The Kier molecular flexibility index (Phi) is 6.93. The first kappa shape index (κ1) is 25.7. The number of hydrogen-bond acceptors (Lipinski definition) is 5. The van der Waals surface area contributed by atoms with Crippen molar-refractivity contribution in [2.45, 2.75) is 44.8 Å². The molecule has 0 saturated carbocycles. The van der Waals surface area contributed by atoms with Crippen LogP contribution in [0, 0.1) is 17.5 Å². The Hall–Kier alpha value is -3.59. The average molecular weight is 536 g/mol. The van der Waals surface area contributed by atoms with Gasteiger partial charge in [-0.05, 0) is 62.4 Å². The van der Waals surface area contributed by atoms with Crippen molar-refractivity contribution in [1.29, 1.82) is 0 Å². The van der Waals surface area contributed by atoms with Gasteiger partial charge in [-0.15, -0.1) is 0 Å². The quantitative estimate of drug-likeness (QED) is 0.418. The van der Waals surface area contributed by atoms with Crippen LogP contribution >= 0.6 is 0 Å². The van der Waals surface area contributed by atoms with Gasteiger partial charge >= 0.3 is 0 Å². The van der Waals surface area contributed by atoms with Gasteiger partial charge in [0.25, 0.3) is 5.91 Å². The second-order valence-corrected chi connectivity index (χ2v) is 10.6. The lowest BCUT2D eigenvalue weighted by molar-refractivity contribution is 0.0531. The molecule has 6 nitrogen and oxygen atoms in total. The van der Waals surface area contributed by atoms with E-state index in [2.05, 4.69) is 15.2 Å². The second-order valence-electron chi connectivity index (χ2n) is 10.6. The third kappa shape index (κ3) is 4.84. The summed E-state index contributed by atoms with van der Waals surface area (Å²) in [5.74, 6) is -2.34. The van der Waals surface area contributed by atoms with Crippen molar-refractivity contribution in [2.75, 3.05) is 42.9 Å². The summed E-state index contributed by atoms with van der Waals surface area (Å²) in [6.45, 7) is 5.81. The number of pyridine rings is 1. The van der Waals surface area contributed by atoms with Gasteiger partial charge in [0.05, 0.1) is 17.9 Å². The molecular formula is C30H32F3N5O. The van der Waals surface area contributed by atoms with Crippen LogP contribution in [0.15, 0.2) is 48.7 Å². The summed E-state index contributed by atoms with van der Waals surface area (Å²) in [6, 6.07) is 10.5. The molecule has 3 aliphatic rings. The predicted molar refractivity (Wildman–Crippen MR) is 145 cm³/mol. The lowest BCUT2D eigenvalue weighted by atomic mass is 10.0. The molecular weight excluding hydrogens is 503 g/mol. The molecule has 3 aromatic rings. The summed E-state index contributed by atoms with van der Waals surface area (Å²) in [7, 11) is 0. The third-order valence-electron chi connectivity index (χ3n) is 8.29. The molecule has 2 aromatic carbocycles. The highest BCUT2D eigenvalue weighted by Crippen LogP contribution is 2.38. The number of anilines is 2. The molecule has 39 heavy (non-hydrogen) atoms. The molecule has 0 bridgehead atoms. The second kappa shape index (κ2) is 10.5. The van der Waals surface area contributed by atoms with E-state index in [1.807, 2.05) is 40.1 Å². The van der Waals surface area contributed by atoms with Crippen molar-refractivity contribution in [3.63, 3.8) is 0 Å². The molecule has 1 aromatic heterocycles. The fraction of sp³-hybridized carbons (Fsp3) is 0.400. The lowest BCUT2D eigenvalue weighted by Crippen LogP contribution is -2.46. The van der Waals surface area contributed by atoms with E-state index in [0.29, 0.717) is 30.5 Å². The molecule has 4 heterocycles. The van der Waals surface area contributed by atoms with Gasteiger partial charge < -0.3 is 15.1 Å². The van der Waals surface area contributed by atoms with Crippen LogP contribution < -0.4 is 10.2 Å². The average Bonchev–Trinajstić information content (AvgIpc) is 3.66. The first-order chi connectivity index (χ1) is 18.9. The van der Waals surface area contributed by atoms with Crippen molar-refractivity contribution in [2.24, 2.45) is 0 Å². The van der Waals surface area contributed by atoms with Crippen molar-refractivity contribution in [3.8, 4) is 11.1 Å². The maximum atomic E-state index is 14.6. The first-order valence-corrected chi connectivity index (χ1v) is 13.7. The van der Waals surface area contributed by atoms with Crippen LogP contribution in [-0.2, 0) is 0 Å². The minimum Gasteiger partial charge on any atom is -0.367 e. The standard InChI is InChI=1S/C30H32F3N5O/c1-19(23-16-25(32)26(33)17-24(23)31)37-14-10-34-29-27(37)15-22(18-35-29)20-6-8-21(9-7-20)30(39)38-13-4-5-28(38)36-11-2-3-12-36/h6-9,15-19,28H,2-5,10-14H2,1H3,(H,34,35). The molecule has 6 rings (SSSR count). The van der Waals surface area contributed by atoms with Crippen molar-refractivity contribution >= 4 is 17.4 Å². The van der Waals surface area contributed by atoms with Crippen LogP contribution in [-0.4, -0.2) is 59.6 Å². The zero-order chi connectivity index (χ0) is 27.1. The van der Waals surface area contributed by atoms with E-state index in [1.54, 1.807) is 13.1 Å². The highest BCUT2D eigenvalue weighted by atomic mass is 19.2. The number of carbonyl (C=O) groups excluding carboxylic acids is 1. The number of halogens is 3. The number of rotatable bonds is 5. The van der Waals surface area contributed by atoms with Gasteiger partial charge in [-0.2, -0.15) is 0 Å². The van der Waals surface area contributed by atoms with Crippen molar-refractivity contribution in [1.82, 2.24) is 14.8 Å². The fourth-order valence-corrected chi connectivity index (χ4v) is 6.19. The van der Waals surface area contributed by atoms with Gasteiger partial charge in [-0.1, -0.05) is 12.1 Å². The SMILES string of the molecule is CC(c1cc(F)c(F)cc1F)N1CCNc2ncc(-c3ccc(C(=O)N4CCCC4N4CCCC4)cc3)cc21. The molecule has 0 radical (unpaired) electrons. The highest BCUT2D eigenvalue weighted by Gasteiger charge is 2.34.